The van der Waals surface area contributed by atoms with Gasteiger partial charge in [0.05, 0.1) is 0 Å². The van der Waals surface area contributed by atoms with Crippen molar-refractivity contribution in [3.05, 3.63) is 0 Å². The first-order valence-corrected chi connectivity index (χ1v) is 5.21. The van der Waals surface area contributed by atoms with Gasteiger partial charge in [0.15, 0.2) is 0 Å². The fourth-order valence-electron chi connectivity index (χ4n) is 1.66. The second-order valence-corrected chi connectivity index (χ2v) is 3.55. The van der Waals surface area contributed by atoms with E-state index < -0.39 is 0 Å². The van der Waals surface area contributed by atoms with Crippen LogP contribution in [0.25, 0.3) is 0 Å². The lowest BCUT2D eigenvalue weighted by Crippen LogP contribution is -2.29. The summed E-state index contributed by atoms with van der Waals surface area (Å²) in [5.41, 5.74) is 11.5. The van der Waals surface area contributed by atoms with E-state index in [1.165, 1.54) is 19.3 Å². The summed E-state index contributed by atoms with van der Waals surface area (Å²) >= 11 is 0. The van der Waals surface area contributed by atoms with Crippen molar-refractivity contribution in [2.45, 2.75) is 52.0 Å². The molecule has 2 atom stereocenters. The van der Waals surface area contributed by atoms with Crippen LogP contribution in [0, 0.1) is 5.92 Å². The molecule has 0 heterocycles. The summed E-state index contributed by atoms with van der Waals surface area (Å²) in [6, 6.07) is 0.386. The van der Waals surface area contributed by atoms with Gasteiger partial charge in [0.2, 0.25) is 0 Å². The smallest absolute Gasteiger partial charge is 0.00645 e. The maximum atomic E-state index is 6.00. The summed E-state index contributed by atoms with van der Waals surface area (Å²) in [5, 5.41) is 0. The van der Waals surface area contributed by atoms with Crippen LogP contribution in [0.2, 0.25) is 0 Å². The summed E-state index contributed by atoms with van der Waals surface area (Å²) in [4.78, 5) is 0. The third-order valence-corrected chi connectivity index (χ3v) is 2.52. The molecule has 2 nitrogen and oxygen atoms in total. The number of rotatable bonds is 7. The molecule has 0 amide bonds. The van der Waals surface area contributed by atoms with E-state index in [4.69, 9.17) is 11.5 Å². The van der Waals surface area contributed by atoms with Crippen LogP contribution < -0.4 is 11.5 Å². The van der Waals surface area contributed by atoms with Crippen molar-refractivity contribution in [3.63, 3.8) is 0 Å². The third-order valence-electron chi connectivity index (χ3n) is 2.52. The zero-order chi connectivity index (χ0) is 9.40. The van der Waals surface area contributed by atoms with E-state index in [9.17, 15) is 0 Å². The summed E-state index contributed by atoms with van der Waals surface area (Å²) < 4.78 is 0. The van der Waals surface area contributed by atoms with Crippen molar-refractivity contribution in [2.24, 2.45) is 17.4 Å². The molecule has 0 aliphatic heterocycles. The lowest BCUT2D eigenvalue weighted by Gasteiger charge is -2.21. The standard InChI is InChI=1S/C10H24N2/c1-3-6-9(7-5-8-11)10(12)4-2/h9-10H,3-8,11-12H2,1-2H3. The zero-order valence-corrected chi connectivity index (χ0v) is 8.55. The summed E-state index contributed by atoms with van der Waals surface area (Å²) in [6.07, 6.45) is 5.92. The Morgan fingerprint density at radius 1 is 1.17 bits per heavy atom. The monoisotopic (exact) mass is 172 g/mol. The topological polar surface area (TPSA) is 52.0 Å². The Kier molecular flexibility index (Phi) is 7.51. The average molecular weight is 172 g/mol. The highest BCUT2D eigenvalue weighted by Crippen LogP contribution is 2.17. The SMILES string of the molecule is CCCC(CCCN)C(N)CC. The van der Waals surface area contributed by atoms with Gasteiger partial charge in [-0.15, -0.1) is 0 Å². The Labute approximate surface area is 76.7 Å². The quantitative estimate of drug-likeness (QED) is 0.616. The molecule has 74 valence electrons. The molecule has 4 N–H and O–H groups in total. The predicted molar refractivity (Wildman–Crippen MR) is 55.0 cm³/mol. The van der Waals surface area contributed by atoms with Crippen molar-refractivity contribution >= 4 is 0 Å². The molecule has 0 spiro atoms. The molecule has 0 bridgehead atoms. The van der Waals surface area contributed by atoms with Gasteiger partial charge >= 0.3 is 0 Å². The Hall–Kier alpha value is -0.0800. The van der Waals surface area contributed by atoms with Crippen LogP contribution in [0.3, 0.4) is 0 Å². The number of nitrogens with two attached hydrogens (primary N) is 2. The minimum Gasteiger partial charge on any atom is -0.330 e. The van der Waals surface area contributed by atoms with Crippen molar-refractivity contribution < 1.29 is 0 Å². The highest BCUT2D eigenvalue weighted by atomic mass is 14.6. The Morgan fingerprint density at radius 2 is 1.83 bits per heavy atom. The maximum absolute atomic E-state index is 6.00. The van der Waals surface area contributed by atoms with Crippen LogP contribution in [0.15, 0.2) is 0 Å². The molecule has 0 radical (unpaired) electrons. The van der Waals surface area contributed by atoms with Gasteiger partial charge in [-0.3, -0.25) is 0 Å². The molecule has 0 fully saturated rings. The van der Waals surface area contributed by atoms with Crippen molar-refractivity contribution in [3.8, 4) is 0 Å². The molecule has 0 aliphatic carbocycles. The van der Waals surface area contributed by atoms with Gasteiger partial charge in [-0.05, 0) is 38.1 Å². The normalized spacial score (nSPS) is 16.0. The number of hydrogen-bond acceptors (Lipinski definition) is 2. The van der Waals surface area contributed by atoms with Gasteiger partial charge in [-0.25, -0.2) is 0 Å². The molecule has 12 heavy (non-hydrogen) atoms. The lowest BCUT2D eigenvalue weighted by atomic mass is 9.89. The minimum atomic E-state index is 0.386. The van der Waals surface area contributed by atoms with Crippen molar-refractivity contribution in [1.82, 2.24) is 0 Å². The zero-order valence-electron chi connectivity index (χ0n) is 8.55. The van der Waals surface area contributed by atoms with E-state index >= 15 is 0 Å². The first-order valence-electron chi connectivity index (χ1n) is 5.21. The highest BCUT2D eigenvalue weighted by molar-refractivity contribution is 4.71. The van der Waals surface area contributed by atoms with Crippen LogP contribution in [0.5, 0.6) is 0 Å². The molecule has 0 aromatic heterocycles. The summed E-state index contributed by atoms with van der Waals surface area (Å²) in [5.74, 6) is 0.698. The highest BCUT2D eigenvalue weighted by Gasteiger charge is 2.13. The van der Waals surface area contributed by atoms with Crippen LogP contribution in [-0.4, -0.2) is 12.6 Å². The lowest BCUT2D eigenvalue weighted by molar-refractivity contribution is 0.352. The van der Waals surface area contributed by atoms with E-state index in [1.807, 2.05) is 0 Å². The van der Waals surface area contributed by atoms with Gasteiger partial charge in [-0.1, -0.05) is 20.3 Å². The minimum absolute atomic E-state index is 0.386. The van der Waals surface area contributed by atoms with Gasteiger partial charge < -0.3 is 11.5 Å². The second kappa shape index (κ2) is 7.56. The van der Waals surface area contributed by atoms with Crippen LogP contribution in [0.1, 0.15) is 46.0 Å². The van der Waals surface area contributed by atoms with Gasteiger partial charge in [-0.2, -0.15) is 0 Å². The summed E-state index contributed by atoms with van der Waals surface area (Å²) in [6.45, 7) is 5.18. The summed E-state index contributed by atoms with van der Waals surface area (Å²) in [7, 11) is 0. The molecule has 0 aromatic carbocycles. The molecular formula is C10H24N2. The Bertz CT molecular complexity index is 93.8. The molecule has 0 rings (SSSR count). The average Bonchev–Trinajstić information content (AvgIpc) is 2.11. The first kappa shape index (κ1) is 11.9. The van der Waals surface area contributed by atoms with Crippen molar-refractivity contribution in [2.75, 3.05) is 6.54 Å². The third kappa shape index (κ3) is 4.73. The molecule has 2 heteroatoms. The molecule has 0 aromatic rings. The van der Waals surface area contributed by atoms with E-state index in [-0.39, 0.29) is 0 Å². The number of hydrogen-bond donors (Lipinski definition) is 2. The van der Waals surface area contributed by atoms with E-state index in [0.29, 0.717) is 12.0 Å². The Balaban J connectivity index is 3.68. The molecule has 0 aliphatic rings. The first-order chi connectivity index (χ1) is 5.76. The molecular weight excluding hydrogens is 148 g/mol. The largest absolute Gasteiger partial charge is 0.330 e. The second-order valence-electron chi connectivity index (χ2n) is 3.55. The molecule has 0 saturated carbocycles. The van der Waals surface area contributed by atoms with Gasteiger partial charge in [0.1, 0.15) is 0 Å². The fourth-order valence-corrected chi connectivity index (χ4v) is 1.66. The van der Waals surface area contributed by atoms with Crippen LogP contribution in [-0.2, 0) is 0 Å². The molecule has 2 unspecified atom stereocenters. The maximum Gasteiger partial charge on any atom is 0.00645 e. The van der Waals surface area contributed by atoms with E-state index in [1.54, 1.807) is 0 Å². The fraction of sp³-hybridized carbons (Fsp3) is 1.00. The molecule has 0 saturated heterocycles. The van der Waals surface area contributed by atoms with E-state index in [2.05, 4.69) is 13.8 Å². The van der Waals surface area contributed by atoms with Gasteiger partial charge in [0.25, 0.3) is 0 Å². The Morgan fingerprint density at radius 3 is 2.25 bits per heavy atom. The van der Waals surface area contributed by atoms with Crippen molar-refractivity contribution in [1.29, 1.82) is 0 Å². The van der Waals surface area contributed by atoms with E-state index in [0.717, 1.165) is 19.4 Å². The van der Waals surface area contributed by atoms with Gasteiger partial charge in [0, 0.05) is 6.04 Å². The predicted octanol–water partition coefficient (Wildman–Crippen LogP) is 1.88. The van der Waals surface area contributed by atoms with Crippen LogP contribution >= 0.6 is 0 Å². The van der Waals surface area contributed by atoms with Crippen LogP contribution in [0.4, 0.5) is 0 Å².